The fourth-order valence-electron chi connectivity index (χ4n) is 3.36. The summed E-state index contributed by atoms with van der Waals surface area (Å²) in [4.78, 5) is 10.7. The van der Waals surface area contributed by atoms with Crippen molar-refractivity contribution in [2.45, 2.75) is 99.6 Å². The summed E-state index contributed by atoms with van der Waals surface area (Å²) < 4.78 is 46.9. The van der Waals surface area contributed by atoms with Gasteiger partial charge in [0.1, 0.15) is 0 Å². The van der Waals surface area contributed by atoms with Crippen LogP contribution in [-0.2, 0) is 9.53 Å². The summed E-state index contributed by atoms with van der Waals surface area (Å²) in [7, 11) is -0.527. The maximum Gasteiger partial charge on any atom is 0.471 e. The summed E-state index contributed by atoms with van der Waals surface area (Å²) >= 11 is 0. The molecule has 1 amide bonds. The first kappa shape index (κ1) is 30.8. The third-order valence-corrected chi connectivity index (χ3v) is 7.72. The van der Waals surface area contributed by atoms with Gasteiger partial charge < -0.3 is 10.1 Å². The van der Waals surface area contributed by atoms with Crippen LogP contribution >= 0.6 is 8.22 Å². The summed E-state index contributed by atoms with van der Waals surface area (Å²) in [6, 6.07) is 1.68. The highest BCUT2D eigenvalue weighted by molar-refractivity contribution is 7.52. The van der Waals surface area contributed by atoms with E-state index in [-0.39, 0.29) is 20.6 Å². The monoisotopic (exact) mass is 445 g/mol. The molecule has 5 nitrogen and oxygen atoms in total. The van der Waals surface area contributed by atoms with Gasteiger partial charge in [0, 0.05) is 45.5 Å². The molecule has 29 heavy (non-hydrogen) atoms. The van der Waals surface area contributed by atoms with Crippen molar-refractivity contribution in [1.82, 2.24) is 14.7 Å². The minimum atomic E-state index is -4.84. The summed E-state index contributed by atoms with van der Waals surface area (Å²) in [6.45, 7) is 18.1. The highest BCUT2D eigenvalue weighted by Gasteiger charge is 2.38. The lowest BCUT2D eigenvalue weighted by atomic mass is 10.3. The van der Waals surface area contributed by atoms with Gasteiger partial charge in [-0.05, 0) is 68.0 Å². The van der Waals surface area contributed by atoms with E-state index in [1.54, 1.807) is 0 Å². The zero-order valence-corrected chi connectivity index (χ0v) is 19.5. The topological polar surface area (TPSA) is 44.8 Å². The molecule has 1 N–H and O–H groups in total. The normalized spacial score (nSPS) is 12.8. The lowest BCUT2D eigenvalue weighted by molar-refractivity contribution is -0.173. The molecule has 0 aromatic rings. The van der Waals surface area contributed by atoms with Crippen LogP contribution in [0.5, 0.6) is 0 Å². The van der Waals surface area contributed by atoms with Crippen molar-refractivity contribution >= 4 is 14.1 Å². The zero-order valence-electron chi connectivity index (χ0n) is 18.6. The second kappa shape index (κ2) is 14.6. The van der Waals surface area contributed by atoms with E-state index >= 15 is 0 Å². The standard InChI is InChI=1S/C19H39F3N3O2P.CH4/c1-14(2)24(15(3)4)28(25(16(5)6)17(7)8)13-9-11-27-12-10-23-18(26)19(20,21)22;/h14-17H,9-13H2,1-8H3,(H,23,26);1H4. The Morgan fingerprint density at radius 3 is 1.66 bits per heavy atom. The van der Waals surface area contributed by atoms with E-state index in [0.29, 0.717) is 30.8 Å². The van der Waals surface area contributed by atoms with E-state index in [2.05, 4.69) is 64.7 Å². The first-order chi connectivity index (χ1) is 12.8. The molecule has 0 unspecified atom stereocenters. The number of nitrogens with zero attached hydrogens (tertiary/aromatic N) is 2. The van der Waals surface area contributed by atoms with Gasteiger partial charge in [-0.25, -0.2) is 0 Å². The molecule has 0 saturated heterocycles. The van der Waals surface area contributed by atoms with E-state index < -0.39 is 20.3 Å². The summed E-state index contributed by atoms with van der Waals surface area (Å²) in [5.41, 5.74) is 0. The number of nitrogens with one attached hydrogen (secondary N) is 1. The van der Waals surface area contributed by atoms with Crippen molar-refractivity contribution in [3.8, 4) is 0 Å². The number of halogens is 3. The summed E-state index contributed by atoms with van der Waals surface area (Å²) in [5.74, 6) is -1.92. The second-order valence-electron chi connectivity index (χ2n) is 7.95. The average Bonchev–Trinajstić information content (AvgIpc) is 2.50. The Balaban J connectivity index is 0. The molecule has 0 aliphatic heterocycles. The Morgan fingerprint density at radius 1 is 0.897 bits per heavy atom. The van der Waals surface area contributed by atoms with Crippen LogP contribution in [0.4, 0.5) is 13.2 Å². The molecule has 0 saturated carbocycles. The van der Waals surface area contributed by atoms with Crippen molar-refractivity contribution < 1.29 is 22.7 Å². The number of alkyl halides is 3. The number of hydrogen-bond acceptors (Lipinski definition) is 4. The van der Waals surface area contributed by atoms with Crippen LogP contribution in [0, 0.1) is 0 Å². The molecule has 0 aromatic carbocycles. The third-order valence-electron chi connectivity index (χ3n) is 4.09. The van der Waals surface area contributed by atoms with Gasteiger partial charge >= 0.3 is 12.1 Å². The van der Waals surface area contributed by atoms with E-state index in [1.807, 2.05) is 5.32 Å². The lowest BCUT2D eigenvalue weighted by Gasteiger charge is -2.47. The van der Waals surface area contributed by atoms with Gasteiger partial charge in [-0.2, -0.15) is 13.2 Å². The SMILES string of the molecule is C.CC(C)N(C(C)C)P(CCCOCCNC(=O)C(F)(F)F)N(C(C)C)C(C)C. The van der Waals surface area contributed by atoms with Crippen LogP contribution in [0.15, 0.2) is 0 Å². The molecule has 0 bridgehead atoms. The minimum Gasteiger partial charge on any atom is -0.380 e. The number of ether oxygens (including phenoxy) is 1. The summed E-state index contributed by atoms with van der Waals surface area (Å²) in [6.07, 6.45) is -3.05. The molecule has 9 heteroatoms. The largest absolute Gasteiger partial charge is 0.471 e. The van der Waals surface area contributed by atoms with E-state index in [0.717, 1.165) is 12.6 Å². The summed E-state index contributed by atoms with van der Waals surface area (Å²) in [5, 5.41) is 1.82. The van der Waals surface area contributed by atoms with Crippen molar-refractivity contribution in [3.63, 3.8) is 0 Å². The second-order valence-corrected chi connectivity index (χ2v) is 10.1. The van der Waals surface area contributed by atoms with Gasteiger partial charge in [-0.3, -0.25) is 14.1 Å². The Kier molecular flexibility index (Phi) is 15.4. The van der Waals surface area contributed by atoms with Crippen molar-refractivity contribution in [2.75, 3.05) is 25.9 Å². The molecule has 0 aromatic heterocycles. The molecular weight excluding hydrogens is 402 g/mol. The van der Waals surface area contributed by atoms with Crippen molar-refractivity contribution in [2.24, 2.45) is 0 Å². The van der Waals surface area contributed by atoms with Gasteiger partial charge in [0.2, 0.25) is 0 Å². The van der Waals surface area contributed by atoms with Gasteiger partial charge in [-0.15, -0.1) is 0 Å². The average molecular weight is 446 g/mol. The predicted octanol–water partition coefficient (Wildman–Crippen LogP) is 5.26. The molecule has 0 fully saturated rings. The lowest BCUT2D eigenvalue weighted by Crippen LogP contribution is -2.43. The first-order valence-corrected chi connectivity index (χ1v) is 11.5. The zero-order chi connectivity index (χ0) is 22.1. The Bertz CT molecular complexity index is 411. The molecule has 0 radical (unpaired) electrons. The van der Waals surface area contributed by atoms with Crippen molar-refractivity contribution in [1.29, 1.82) is 0 Å². The Labute approximate surface area is 177 Å². The van der Waals surface area contributed by atoms with E-state index in [1.165, 1.54) is 0 Å². The highest BCUT2D eigenvalue weighted by Crippen LogP contribution is 2.50. The molecule has 0 rings (SSSR count). The van der Waals surface area contributed by atoms with Gasteiger partial charge in [0.15, 0.2) is 0 Å². The smallest absolute Gasteiger partial charge is 0.380 e. The van der Waals surface area contributed by atoms with Crippen LogP contribution in [0.25, 0.3) is 0 Å². The molecule has 0 aliphatic rings. The van der Waals surface area contributed by atoms with Crippen LogP contribution in [0.3, 0.4) is 0 Å². The molecule has 0 atom stereocenters. The van der Waals surface area contributed by atoms with Crippen LogP contribution in [0.2, 0.25) is 0 Å². The van der Waals surface area contributed by atoms with Crippen LogP contribution in [0.1, 0.15) is 69.2 Å². The van der Waals surface area contributed by atoms with Gasteiger partial charge in [-0.1, -0.05) is 7.43 Å². The van der Waals surface area contributed by atoms with E-state index in [4.69, 9.17) is 4.74 Å². The van der Waals surface area contributed by atoms with Crippen molar-refractivity contribution in [3.05, 3.63) is 0 Å². The van der Waals surface area contributed by atoms with Crippen LogP contribution < -0.4 is 5.32 Å². The quantitative estimate of drug-likeness (QED) is 0.310. The highest BCUT2D eigenvalue weighted by atomic mass is 31.1. The van der Waals surface area contributed by atoms with Crippen LogP contribution in [-0.4, -0.2) is 71.5 Å². The fraction of sp³-hybridized carbons (Fsp3) is 0.950. The maximum atomic E-state index is 12.1. The molecule has 0 heterocycles. The number of hydrogen-bond donors (Lipinski definition) is 1. The fourth-order valence-corrected chi connectivity index (χ4v) is 6.60. The molecular formula is C20H43F3N3O2P. The maximum absolute atomic E-state index is 12.1. The number of carbonyl (C=O) groups is 1. The van der Waals surface area contributed by atoms with Gasteiger partial charge in [0.25, 0.3) is 0 Å². The number of amides is 1. The molecule has 176 valence electrons. The molecule has 0 aliphatic carbocycles. The predicted molar refractivity (Wildman–Crippen MR) is 117 cm³/mol. The minimum absolute atomic E-state index is 0. The number of carbonyl (C=O) groups excluding carboxylic acids is 1. The first-order valence-electron chi connectivity index (χ1n) is 10.1. The number of rotatable bonds is 13. The Morgan fingerprint density at radius 2 is 1.31 bits per heavy atom. The Hall–Kier alpha value is -0.430. The molecule has 0 spiro atoms. The van der Waals surface area contributed by atoms with Gasteiger partial charge in [0.05, 0.1) is 6.61 Å². The van der Waals surface area contributed by atoms with E-state index in [9.17, 15) is 18.0 Å². The third kappa shape index (κ3) is 11.5.